The number of carbonyl (C=O) groups excluding carboxylic acids is 1. The summed E-state index contributed by atoms with van der Waals surface area (Å²) >= 11 is 5.92. The summed E-state index contributed by atoms with van der Waals surface area (Å²) in [6.07, 6.45) is 0. The van der Waals surface area contributed by atoms with Gasteiger partial charge in [-0.3, -0.25) is 4.79 Å². The highest BCUT2D eigenvalue weighted by Crippen LogP contribution is 2.30. The Balaban J connectivity index is 2.19. The fourth-order valence-electron chi connectivity index (χ4n) is 2.12. The Bertz CT molecular complexity index is 676. The molecule has 1 fully saturated rings. The third-order valence-corrected chi connectivity index (χ3v) is 5.44. The van der Waals surface area contributed by atoms with E-state index in [1.54, 1.807) is 0 Å². The third kappa shape index (κ3) is 4.81. The first-order valence-electron chi connectivity index (χ1n) is 7.33. The van der Waals surface area contributed by atoms with Crippen LogP contribution in [0.3, 0.4) is 0 Å². The zero-order valence-electron chi connectivity index (χ0n) is 12.9. The molecule has 1 saturated heterocycles. The second-order valence-corrected chi connectivity index (χ2v) is 7.31. The smallest absolute Gasteiger partial charge is 0.258 e. The molecule has 0 atom stereocenters. The normalized spacial score (nSPS) is 15.9. The SMILES string of the molecule is O=C(COc1ccc(Cl)cc1S(=O)(=O)N1CCOCC1)NCCO. The van der Waals surface area contributed by atoms with Crippen molar-refractivity contribution in [2.45, 2.75) is 4.90 Å². The number of aliphatic hydroxyl groups is 1. The van der Waals surface area contributed by atoms with Crippen LogP contribution in [0.2, 0.25) is 5.02 Å². The first-order valence-corrected chi connectivity index (χ1v) is 9.15. The highest BCUT2D eigenvalue weighted by atomic mass is 35.5. The van der Waals surface area contributed by atoms with Crippen LogP contribution in [-0.2, 0) is 19.6 Å². The number of morpholine rings is 1. The maximum atomic E-state index is 12.8. The molecule has 1 heterocycles. The van der Waals surface area contributed by atoms with E-state index < -0.39 is 15.9 Å². The van der Waals surface area contributed by atoms with E-state index >= 15 is 0 Å². The standard InChI is InChI=1S/C14H19ClN2O6S/c15-11-1-2-12(23-10-14(19)16-3-6-18)13(9-11)24(20,21)17-4-7-22-8-5-17/h1-2,9,18H,3-8,10H2,(H,16,19). The average Bonchev–Trinajstić information content (AvgIpc) is 2.59. The van der Waals surface area contributed by atoms with Crippen molar-refractivity contribution in [3.8, 4) is 5.75 Å². The van der Waals surface area contributed by atoms with Gasteiger partial charge in [0, 0.05) is 24.7 Å². The van der Waals surface area contributed by atoms with E-state index in [2.05, 4.69) is 5.32 Å². The van der Waals surface area contributed by atoms with Crippen LogP contribution in [0.15, 0.2) is 23.1 Å². The summed E-state index contributed by atoms with van der Waals surface area (Å²) in [5, 5.41) is 11.3. The van der Waals surface area contributed by atoms with Gasteiger partial charge in [0.15, 0.2) is 6.61 Å². The maximum Gasteiger partial charge on any atom is 0.258 e. The second kappa shape index (κ2) is 8.63. The number of rotatable bonds is 7. The molecule has 8 nitrogen and oxygen atoms in total. The lowest BCUT2D eigenvalue weighted by molar-refractivity contribution is -0.123. The van der Waals surface area contributed by atoms with E-state index in [-0.39, 0.29) is 48.5 Å². The molecule has 1 amide bonds. The van der Waals surface area contributed by atoms with E-state index in [4.69, 9.17) is 26.2 Å². The third-order valence-electron chi connectivity index (χ3n) is 3.29. The number of sulfonamides is 1. The molecule has 0 aliphatic carbocycles. The Labute approximate surface area is 145 Å². The van der Waals surface area contributed by atoms with Gasteiger partial charge in [-0.25, -0.2) is 8.42 Å². The van der Waals surface area contributed by atoms with Crippen LogP contribution >= 0.6 is 11.6 Å². The molecule has 24 heavy (non-hydrogen) atoms. The van der Waals surface area contributed by atoms with Crippen molar-refractivity contribution in [2.75, 3.05) is 46.1 Å². The van der Waals surface area contributed by atoms with Gasteiger partial charge in [0.2, 0.25) is 10.0 Å². The van der Waals surface area contributed by atoms with Crippen LogP contribution in [0.1, 0.15) is 0 Å². The number of amides is 1. The lowest BCUT2D eigenvalue weighted by atomic mass is 10.3. The summed E-state index contributed by atoms with van der Waals surface area (Å²) in [4.78, 5) is 11.5. The van der Waals surface area contributed by atoms with Crippen molar-refractivity contribution in [3.05, 3.63) is 23.2 Å². The number of aliphatic hydroxyl groups excluding tert-OH is 1. The molecule has 0 aromatic heterocycles. The molecule has 0 bridgehead atoms. The molecule has 1 aliphatic heterocycles. The fraction of sp³-hybridized carbons (Fsp3) is 0.500. The van der Waals surface area contributed by atoms with Gasteiger partial charge in [-0.15, -0.1) is 0 Å². The first-order chi connectivity index (χ1) is 11.4. The van der Waals surface area contributed by atoms with Crippen LogP contribution in [0.25, 0.3) is 0 Å². The lowest BCUT2D eigenvalue weighted by Gasteiger charge is -2.26. The van der Waals surface area contributed by atoms with E-state index in [1.165, 1.54) is 22.5 Å². The van der Waals surface area contributed by atoms with Gasteiger partial charge in [0.25, 0.3) is 5.91 Å². The van der Waals surface area contributed by atoms with Crippen molar-refractivity contribution in [2.24, 2.45) is 0 Å². The van der Waals surface area contributed by atoms with Gasteiger partial charge in [0.05, 0.1) is 19.8 Å². The number of halogens is 1. The van der Waals surface area contributed by atoms with Crippen LogP contribution in [-0.4, -0.2) is 69.8 Å². The predicted octanol–water partition coefficient (Wildman–Crippen LogP) is -0.152. The van der Waals surface area contributed by atoms with E-state index in [1.807, 2.05) is 0 Å². The number of benzene rings is 1. The number of ether oxygens (including phenoxy) is 2. The molecule has 1 aromatic rings. The van der Waals surface area contributed by atoms with Gasteiger partial charge in [-0.1, -0.05) is 11.6 Å². The summed E-state index contributed by atoms with van der Waals surface area (Å²) in [5.74, 6) is -0.418. The Morgan fingerprint density at radius 3 is 2.75 bits per heavy atom. The molecule has 0 radical (unpaired) electrons. The summed E-state index contributed by atoms with van der Waals surface area (Å²) in [6.45, 7) is 0.661. The lowest BCUT2D eigenvalue weighted by Crippen LogP contribution is -2.40. The molecule has 2 N–H and O–H groups in total. The molecule has 0 saturated carbocycles. The van der Waals surface area contributed by atoms with Gasteiger partial charge < -0.3 is 19.9 Å². The fourth-order valence-corrected chi connectivity index (χ4v) is 3.92. The Hall–Kier alpha value is -1.39. The highest BCUT2D eigenvalue weighted by Gasteiger charge is 2.29. The van der Waals surface area contributed by atoms with Crippen LogP contribution in [0, 0.1) is 0 Å². The van der Waals surface area contributed by atoms with E-state index in [0.717, 1.165) is 0 Å². The van der Waals surface area contributed by atoms with Crippen molar-refractivity contribution in [1.29, 1.82) is 0 Å². The predicted molar refractivity (Wildman–Crippen MR) is 86.6 cm³/mol. The Morgan fingerprint density at radius 2 is 2.08 bits per heavy atom. The van der Waals surface area contributed by atoms with Crippen molar-refractivity contribution in [1.82, 2.24) is 9.62 Å². The maximum absolute atomic E-state index is 12.8. The number of hydrogen-bond acceptors (Lipinski definition) is 6. The van der Waals surface area contributed by atoms with Gasteiger partial charge in [-0.2, -0.15) is 4.31 Å². The summed E-state index contributed by atoms with van der Waals surface area (Å²) in [7, 11) is -3.81. The minimum absolute atomic E-state index is 0.0463. The molecule has 1 aliphatic rings. The highest BCUT2D eigenvalue weighted by molar-refractivity contribution is 7.89. The zero-order chi connectivity index (χ0) is 17.6. The van der Waals surface area contributed by atoms with Crippen LogP contribution < -0.4 is 10.1 Å². The number of nitrogens with one attached hydrogen (secondary N) is 1. The number of hydrogen-bond donors (Lipinski definition) is 2. The molecule has 0 unspecified atom stereocenters. The monoisotopic (exact) mass is 378 g/mol. The van der Waals surface area contributed by atoms with Crippen molar-refractivity contribution >= 4 is 27.5 Å². The molecule has 10 heteroatoms. The first kappa shape index (κ1) is 18.9. The Kier molecular flexibility index (Phi) is 6.81. The largest absolute Gasteiger partial charge is 0.482 e. The zero-order valence-corrected chi connectivity index (χ0v) is 14.5. The minimum atomic E-state index is -3.81. The van der Waals surface area contributed by atoms with Gasteiger partial charge in [0.1, 0.15) is 10.6 Å². The molecular weight excluding hydrogens is 360 g/mol. The molecular formula is C14H19ClN2O6S. The summed E-state index contributed by atoms with van der Waals surface area (Å²) < 4.78 is 37.3. The summed E-state index contributed by atoms with van der Waals surface area (Å²) in [5.41, 5.74) is 0. The molecule has 0 spiro atoms. The van der Waals surface area contributed by atoms with Gasteiger partial charge in [-0.05, 0) is 18.2 Å². The van der Waals surface area contributed by atoms with Gasteiger partial charge >= 0.3 is 0 Å². The molecule has 2 rings (SSSR count). The minimum Gasteiger partial charge on any atom is -0.482 e. The van der Waals surface area contributed by atoms with Crippen LogP contribution in [0.5, 0.6) is 5.75 Å². The van der Waals surface area contributed by atoms with E-state index in [0.29, 0.717) is 13.2 Å². The van der Waals surface area contributed by atoms with Crippen LogP contribution in [0.4, 0.5) is 0 Å². The summed E-state index contributed by atoms with van der Waals surface area (Å²) in [6, 6.07) is 4.20. The molecule has 134 valence electrons. The topological polar surface area (TPSA) is 105 Å². The number of nitrogens with zero attached hydrogens (tertiary/aromatic N) is 1. The second-order valence-electron chi connectivity index (χ2n) is 4.97. The quantitative estimate of drug-likeness (QED) is 0.683. The Morgan fingerprint density at radius 1 is 1.38 bits per heavy atom. The van der Waals surface area contributed by atoms with Crippen molar-refractivity contribution in [3.63, 3.8) is 0 Å². The molecule has 1 aromatic carbocycles. The number of carbonyl (C=O) groups is 1. The van der Waals surface area contributed by atoms with Crippen molar-refractivity contribution < 1.29 is 27.8 Å². The average molecular weight is 379 g/mol. The van der Waals surface area contributed by atoms with E-state index in [9.17, 15) is 13.2 Å².